The Labute approximate surface area is 54.5 Å². The second kappa shape index (κ2) is 6.72. The van der Waals surface area contributed by atoms with Crippen molar-refractivity contribution in [3.8, 4) is 23.2 Å². The summed E-state index contributed by atoms with van der Waals surface area (Å²) in [6, 6.07) is 0. The van der Waals surface area contributed by atoms with Gasteiger partial charge in [0.1, 0.15) is 0 Å². The lowest BCUT2D eigenvalue weighted by molar-refractivity contribution is 2.15. The maximum absolute atomic E-state index is 2.70. The molecule has 0 N–H and O–H groups in total. The summed E-state index contributed by atoms with van der Waals surface area (Å²) in [6.07, 6.45) is 3.40. The summed E-state index contributed by atoms with van der Waals surface area (Å²) in [6.45, 7) is 0. The van der Waals surface area contributed by atoms with E-state index in [-0.39, 0.29) is 0 Å². The minimum atomic E-state index is 1.70. The lowest BCUT2D eigenvalue weighted by Gasteiger charge is -1.59. The lowest BCUT2D eigenvalue weighted by Crippen LogP contribution is -1.44. The molecule has 0 radical (unpaired) electrons. The van der Waals surface area contributed by atoms with Crippen LogP contribution in [0.4, 0.5) is 0 Å². The summed E-state index contributed by atoms with van der Waals surface area (Å²) in [7, 11) is 4.60. The van der Waals surface area contributed by atoms with Crippen LogP contribution < -0.4 is 0 Å². The monoisotopic (exact) mass is 140 g/mol. The summed E-state index contributed by atoms with van der Waals surface area (Å²) < 4.78 is 0. The van der Waals surface area contributed by atoms with Crippen LogP contribution in [0.1, 0.15) is 0 Å². The molecule has 0 aromatic rings. The highest BCUT2D eigenvalue weighted by atomic mass is 31.0. The third-order valence-electron chi connectivity index (χ3n) is 0.417. The third-order valence-corrected chi connectivity index (χ3v) is 0.750. The van der Waals surface area contributed by atoms with Crippen LogP contribution in [0.25, 0.3) is 0 Å². The number of hydrogen-bond donors (Lipinski definition) is 0. The summed E-state index contributed by atoms with van der Waals surface area (Å²) in [4.78, 5) is 0. The Bertz CT molecular complexity index is 160. The summed E-state index contributed by atoms with van der Waals surface area (Å²) in [5.41, 5.74) is 5.26. The smallest absolute Gasteiger partial charge is 0.00319 e. The standard InChI is InChI=1S/C6H6P2/c7-5-3-1-2-4-6-8/h1-2H,7-8H2/b2-1-. The molecule has 2 heteroatoms. The summed E-state index contributed by atoms with van der Waals surface area (Å²) in [5.74, 6) is 5.41. The van der Waals surface area contributed by atoms with Crippen molar-refractivity contribution in [2.45, 2.75) is 0 Å². The van der Waals surface area contributed by atoms with Crippen molar-refractivity contribution in [1.82, 2.24) is 0 Å². The molecule has 0 amide bonds. The van der Waals surface area contributed by atoms with E-state index in [1.165, 1.54) is 0 Å². The molecule has 0 spiro atoms. The summed E-state index contributed by atoms with van der Waals surface area (Å²) in [5, 5.41) is 0. The Balaban J connectivity index is 3.56. The van der Waals surface area contributed by atoms with Gasteiger partial charge in [-0.1, -0.05) is 41.6 Å². The van der Waals surface area contributed by atoms with Crippen molar-refractivity contribution >= 4 is 18.5 Å². The molecule has 0 aromatic heterocycles. The predicted octanol–water partition coefficient (Wildman–Crippen LogP) is 1.21. The minimum Gasteiger partial charge on any atom is -0.0787 e. The maximum Gasteiger partial charge on any atom is -0.00319 e. The highest BCUT2D eigenvalue weighted by Crippen LogP contribution is 1.74. The van der Waals surface area contributed by atoms with Crippen molar-refractivity contribution in [3.63, 3.8) is 0 Å². The van der Waals surface area contributed by atoms with Crippen LogP contribution in [-0.4, -0.2) is 0 Å². The SMILES string of the molecule is PC#C/C=C\C#CP. The average molecular weight is 140 g/mol. The fraction of sp³-hybridized carbons (Fsp3) is 0. The van der Waals surface area contributed by atoms with Crippen molar-refractivity contribution in [2.75, 3.05) is 0 Å². The maximum atomic E-state index is 2.70. The van der Waals surface area contributed by atoms with E-state index in [2.05, 4.69) is 41.6 Å². The van der Waals surface area contributed by atoms with Crippen LogP contribution in [0.3, 0.4) is 0 Å². The first-order valence-corrected chi connectivity index (χ1v) is 3.14. The number of allylic oxidation sites excluding steroid dienone is 2. The average Bonchev–Trinajstić information content (AvgIpc) is 1.81. The molecule has 0 saturated heterocycles. The van der Waals surface area contributed by atoms with Crippen molar-refractivity contribution in [2.24, 2.45) is 0 Å². The van der Waals surface area contributed by atoms with Gasteiger partial charge in [-0.2, -0.15) is 0 Å². The zero-order valence-corrected chi connectivity index (χ0v) is 6.62. The molecule has 0 aliphatic carbocycles. The van der Waals surface area contributed by atoms with E-state index in [1.54, 1.807) is 12.2 Å². The molecular weight excluding hydrogens is 134 g/mol. The molecule has 0 heterocycles. The van der Waals surface area contributed by atoms with Crippen LogP contribution in [0.15, 0.2) is 12.2 Å². The van der Waals surface area contributed by atoms with E-state index < -0.39 is 0 Å². The van der Waals surface area contributed by atoms with Crippen molar-refractivity contribution in [1.29, 1.82) is 0 Å². The van der Waals surface area contributed by atoms with Gasteiger partial charge < -0.3 is 0 Å². The molecule has 2 atom stereocenters. The van der Waals surface area contributed by atoms with Crippen molar-refractivity contribution in [3.05, 3.63) is 12.2 Å². The van der Waals surface area contributed by atoms with Gasteiger partial charge in [0.15, 0.2) is 0 Å². The Morgan fingerprint density at radius 1 is 0.875 bits per heavy atom. The van der Waals surface area contributed by atoms with Gasteiger partial charge in [-0.05, 0) is 12.2 Å². The van der Waals surface area contributed by atoms with Crippen LogP contribution in [0.2, 0.25) is 0 Å². The second-order valence-corrected chi connectivity index (χ2v) is 1.49. The molecule has 0 rings (SSSR count). The first kappa shape index (κ1) is 7.72. The Morgan fingerprint density at radius 2 is 1.25 bits per heavy atom. The molecule has 0 nitrogen and oxygen atoms in total. The molecule has 2 unspecified atom stereocenters. The van der Waals surface area contributed by atoms with E-state index in [4.69, 9.17) is 0 Å². The van der Waals surface area contributed by atoms with Crippen molar-refractivity contribution < 1.29 is 0 Å². The Hall–Kier alpha value is -0.280. The normalized spacial score (nSPS) is 6.75. The first-order valence-electron chi connectivity index (χ1n) is 1.99. The van der Waals surface area contributed by atoms with E-state index in [9.17, 15) is 0 Å². The molecule has 0 aliphatic heterocycles. The second-order valence-electron chi connectivity index (χ2n) is 0.911. The zero-order valence-electron chi connectivity index (χ0n) is 4.31. The topological polar surface area (TPSA) is 0 Å². The van der Waals surface area contributed by atoms with E-state index >= 15 is 0 Å². The van der Waals surface area contributed by atoms with Gasteiger partial charge >= 0.3 is 0 Å². The minimum absolute atomic E-state index is 1.70. The highest BCUT2D eigenvalue weighted by molar-refractivity contribution is 7.23. The number of rotatable bonds is 0. The van der Waals surface area contributed by atoms with Gasteiger partial charge in [0.05, 0.1) is 0 Å². The third kappa shape index (κ3) is 5.72. The van der Waals surface area contributed by atoms with Gasteiger partial charge in [0, 0.05) is 0 Å². The van der Waals surface area contributed by atoms with Crippen LogP contribution in [0, 0.1) is 23.2 Å². The van der Waals surface area contributed by atoms with Gasteiger partial charge in [-0.3, -0.25) is 0 Å². The largest absolute Gasteiger partial charge is 0.0787 e. The molecule has 0 fully saturated rings. The van der Waals surface area contributed by atoms with E-state index in [0.29, 0.717) is 0 Å². The quantitative estimate of drug-likeness (QED) is 0.350. The van der Waals surface area contributed by atoms with Crippen LogP contribution in [0.5, 0.6) is 0 Å². The van der Waals surface area contributed by atoms with Crippen LogP contribution in [-0.2, 0) is 0 Å². The summed E-state index contributed by atoms with van der Waals surface area (Å²) >= 11 is 0. The molecule has 0 bridgehead atoms. The molecule has 40 valence electrons. The Morgan fingerprint density at radius 3 is 1.50 bits per heavy atom. The lowest BCUT2D eigenvalue weighted by atomic mass is 10.5. The Kier molecular flexibility index (Phi) is 6.48. The van der Waals surface area contributed by atoms with Crippen LogP contribution >= 0.6 is 18.5 Å². The fourth-order valence-corrected chi connectivity index (χ4v) is 0.372. The molecule has 0 aromatic carbocycles. The van der Waals surface area contributed by atoms with Gasteiger partial charge in [-0.25, -0.2) is 0 Å². The first-order chi connectivity index (χ1) is 3.91. The van der Waals surface area contributed by atoms with E-state index in [1.807, 2.05) is 0 Å². The molecule has 0 aliphatic rings. The molecule has 8 heavy (non-hydrogen) atoms. The van der Waals surface area contributed by atoms with Gasteiger partial charge in [0.2, 0.25) is 0 Å². The number of hydrogen-bond acceptors (Lipinski definition) is 0. The van der Waals surface area contributed by atoms with Gasteiger partial charge in [-0.15, -0.1) is 0 Å². The fourth-order valence-electron chi connectivity index (χ4n) is 0.180. The molecule has 0 saturated carbocycles. The zero-order chi connectivity index (χ0) is 6.24. The highest BCUT2D eigenvalue weighted by Gasteiger charge is 1.52. The predicted molar refractivity (Wildman–Crippen MR) is 44.1 cm³/mol. The van der Waals surface area contributed by atoms with Gasteiger partial charge in [0.25, 0.3) is 0 Å². The molecular formula is C6H6P2. The van der Waals surface area contributed by atoms with E-state index in [0.717, 1.165) is 0 Å².